The van der Waals surface area contributed by atoms with Crippen molar-refractivity contribution in [3.8, 4) is 17.2 Å². The molecule has 0 saturated carbocycles. The number of ether oxygens (including phenoxy) is 2. The molecule has 7 nitrogen and oxygen atoms in total. The lowest BCUT2D eigenvalue weighted by Crippen LogP contribution is -2.38. The molecule has 0 spiro atoms. The second-order valence-electron chi connectivity index (χ2n) is 8.46. The summed E-state index contributed by atoms with van der Waals surface area (Å²) in [7, 11) is 1.59. The van der Waals surface area contributed by atoms with Crippen LogP contribution in [0.25, 0.3) is 16.6 Å². The van der Waals surface area contributed by atoms with Gasteiger partial charge >= 0.3 is 0 Å². The van der Waals surface area contributed by atoms with E-state index in [-0.39, 0.29) is 11.5 Å². The fraction of sp³-hybridized carbons (Fsp3) is 0.276. The molecule has 1 aromatic heterocycles. The Morgan fingerprint density at radius 3 is 2.28 bits per heavy atom. The topological polar surface area (TPSA) is 73.7 Å². The van der Waals surface area contributed by atoms with Crippen molar-refractivity contribution in [2.75, 3.05) is 20.3 Å². The Bertz CT molecular complexity index is 1400. The zero-order valence-electron chi connectivity index (χ0n) is 21.1. The molecule has 0 aliphatic carbocycles. The summed E-state index contributed by atoms with van der Waals surface area (Å²) in [6, 6.07) is 21.2. The summed E-state index contributed by atoms with van der Waals surface area (Å²) in [5, 5.41) is 0.519. The number of amides is 1. The Labute approximate surface area is 210 Å². The molecule has 0 N–H and O–H groups in total. The van der Waals surface area contributed by atoms with Gasteiger partial charge in [-0.25, -0.2) is 4.98 Å². The van der Waals surface area contributed by atoms with Crippen LogP contribution in [-0.2, 0) is 0 Å². The van der Waals surface area contributed by atoms with Crippen molar-refractivity contribution >= 4 is 16.8 Å². The van der Waals surface area contributed by atoms with E-state index in [2.05, 4.69) is 0 Å². The molecule has 4 aromatic rings. The van der Waals surface area contributed by atoms with Crippen molar-refractivity contribution in [2.24, 2.45) is 0 Å². The number of hydrogen-bond acceptors (Lipinski definition) is 5. The van der Waals surface area contributed by atoms with Crippen LogP contribution in [0, 0.1) is 0 Å². The second kappa shape index (κ2) is 11.1. The van der Waals surface area contributed by atoms with Crippen LogP contribution >= 0.6 is 0 Å². The molecule has 7 heteroatoms. The molecule has 1 atom stereocenters. The van der Waals surface area contributed by atoms with Crippen molar-refractivity contribution < 1.29 is 14.3 Å². The second-order valence-corrected chi connectivity index (χ2v) is 8.46. The lowest BCUT2D eigenvalue weighted by Gasteiger charge is -2.30. The van der Waals surface area contributed by atoms with E-state index in [0.29, 0.717) is 46.9 Å². The Kier molecular flexibility index (Phi) is 7.68. The number of hydrogen-bond donors (Lipinski definition) is 0. The summed E-state index contributed by atoms with van der Waals surface area (Å²) < 4.78 is 12.4. The smallest absolute Gasteiger partial charge is 0.266 e. The molecule has 36 heavy (non-hydrogen) atoms. The van der Waals surface area contributed by atoms with Crippen LogP contribution in [0.4, 0.5) is 0 Å². The summed E-state index contributed by atoms with van der Waals surface area (Å²) in [6.07, 6.45) is 0.757. The first-order valence-corrected chi connectivity index (χ1v) is 12.2. The van der Waals surface area contributed by atoms with E-state index in [0.717, 1.165) is 12.2 Å². The van der Waals surface area contributed by atoms with E-state index in [4.69, 9.17) is 14.5 Å². The predicted octanol–water partition coefficient (Wildman–Crippen LogP) is 5.41. The normalized spacial score (nSPS) is 11.8. The number of nitrogens with zero attached hydrogens (tertiary/aromatic N) is 3. The highest BCUT2D eigenvalue weighted by Crippen LogP contribution is 2.26. The van der Waals surface area contributed by atoms with Gasteiger partial charge in [0.1, 0.15) is 17.3 Å². The third kappa shape index (κ3) is 4.96. The zero-order chi connectivity index (χ0) is 25.7. The van der Waals surface area contributed by atoms with Crippen molar-refractivity contribution in [2.45, 2.75) is 33.2 Å². The van der Waals surface area contributed by atoms with Gasteiger partial charge in [0.05, 0.1) is 36.3 Å². The van der Waals surface area contributed by atoms with Crippen LogP contribution < -0.4 is 15.0 Å². The van der Waals surface area contributed by atoms with Crippen LogP contribution in [0.5, 0.6) is 11.5 Å². The number of rotatable bonds is 9. The predicted molar refractivity (Wildman–Crippen MR) is 141 cm³/mol. The van der Waals surface area contributed by atoms with Crippen LogP contribution in [-0.4, -0.2) is 40.6 Å². The zero-order valence-corrected chi connectivity index (χ0v) is 21.1. The van der Waals surface area contributed by atoms with Crippen molar-refractivity contribution in [1.29, 1.82) is 0 Å². The van der Waals surface area contributed by atoms with E-state index in [1.165, 1.54) is 0 Å². The highest BCUT2D eigenvalue weighted by molar-refractivity contribution is 5.94. The van der Waals surface area contributed by atoms with Crippen LogP contribution in [0.3, 0.4) is 0 Å². The first-order valence-electron chi connectivity index (χ1n) is 12.2. The number of aromatic nitrogens is 2. The largest absolute Gasteiger partial charge is 0.497 e. The van der Waals surface area contributed by atoms with E-state index < -0.39 is 6.04 Å². The maximum Gasteiger partial charge on any atom is 0.266 e. The van der Waals surface area contributed by atoms with E-state index in [9.17, 15) is 9.59 Å². The van der Waals surface area contributed by atoms with Crippen molar-refractivity contribution in [1.82, 2.24) is 14.5 Å². The summed E-state index contributed by atoms with van der Waals surface area (Å²) in [5.41, 5.74) is 1.63. The molecule has 0 bridgehead atoms. The standard InChI is InChI=1S/C29H31N3O4/c1-5-19-31(28(33)21-11-15-23(35-4)16-12-21)20(3)27-30-26-10-8-7-9-25(26)29(34)32(27)22-13-17-24(18-14-22)36-6-2/h7-18,20H,5-6,19H2,1-4H3. The monoisotopic (exact) mass is 485 g/mol. The lowest BCUT2D eigenvalue weighted by atomic mass is 10.1. The van der Waals surface area contributed by atoms with Gasteiger partial charge in [0.25, 0.3) is 11.5 Å². The van der Waals surface area contributed by atoms with Gasteiger partial charge in [0.15, 0.2) is 0 Å². The minimum absolute atomic E-state index is 0.132. The number of methoxy groups -OCH3 is 1. The van der Waals surface area contributed by atoms with E-state index >= 15 is 0 Å². The molecule has 0 aliphatic heterocycles. The Hall–Kier alpha value is -4.13. The Balaban J connectivity index is 1.84. The third-order valence-electron chi connectivity index (χ3n) is 6.11. The van der Waals surface area contributed by atoms with Gasteiger partial charge in [-0.15, -0.1) is 0 Å². The highest BCUT2D eigenvalue weighted by atomic mass is 16.5. The summed E-state index contributed by atoms with van der Waals surface area (Å²) in [4.78, 5) is 34.0. The lowest BCUT2D eigenvalue weighted by molar-refractivity contribution is 0.0681. The Morgan fingerprint density at radius 1 is 0.972 bits per heavy atom. The average molecular weight is 486 g/mol. The molecule has 0 radical (unpaired) electrons. The van der Waals surface area contributed by atoms with E-state index in [1.54, 1.807) is 46.9 Å². The van der Waals surface area contributed by atoms with Crippen molar-refractivity contribution in [3.63, 3.8) is 0 Å². The maximum atomic E-state index is 13.7. The number of benzene rings is 3. The molecule has 1 heterocycles. The molecule has 0 saturated heterocycles. The first kappa shape index (κ1) is 25.0. The quantitative estimate of drug-likeness (QED) is 0.317. The van der Waals surface area contributed by atoms with Gasteiger partial charge in [-0.1, -0.05) is 19.1 Å². The molecular formula is C29H31N3O4. The maximum absolute atomic E-state index is 13.7. The van der Waals surface area contributed by atoms with Crippen LogP contribution in [0.15, 0.2) is 77.6 Å². The summed E-state index contributed by atoms with van der Waals surface area (Å²) in [6.45, 7) is 6.93. The van der Waals surface area contributed by atoms with Crippen LogP contribution in [0.2, 0.25) is 0 Å². The fourth-order valence-corrected chi connectivity index (χ4v) is 4.29. The number of carbonyl (C=O) groups is 1. The van der Waals surface area contributed by atoms with Crippen LogP contribution in [0.1, 0.15) is 49.4 Å². The van der Waals surface area contributed by atoms with Gasteiger partial charge in [0.2, 0.25) is 0 Å². The van der Waals surface area contributed by atoms with Gasteiger partial charge < -0.3 is 14.4 Å². The highest BCUT2D eigenvalue weighted by Gasteiger charge is 2.27. The minimum atomic E-state index is -0.469. The van der Waals surface area contributed by atoms with Gasteiger partial charge in [-0.2, -0.15) is 0 Å². The van der Waals surface area contributed by atoms with Gasteiger partial charge in [0, 0.05) is 12.1 Å². The minimum Gasteiger partial charge on any atom is -0.497 e. The molecule has 1 unspecified atom stereocenters. The van der Waals surface area contributed by atoms with Gasteiger partial charge in [-0.05, 0) is 80.9 Å². The number of para-hydroxylation sites is 1. The molecule has 0 aliphatic rings. The molecule has 4 rings (SSSR count). The summed E-state index contributed by atoms with van der Waals surface area (Å²) >= 11 is 0. The molecule has 186 valence electrons. The first-order chi connectivity index (χ1) is 17.5. The average Bonchev–Trinajstić information content (AvgIpc) is 2.92. The number of carbonyl (C=O) groups excluding carboxylic acids is 1. The third-order valence-corrected chi connectivity index (χ3v) is 6.11. The fourth-order valence-electron chi connectivity index (χ4n) is 4.29. The molecule has 1 amide bonds. The number of fused-ring (bicyclic) bond motifs is 1. The van der Waals surface area contributed by atoms with Gasteiger partial charge in [-0.3, -0.25) is 14.2 Å². The molecule has 3 aromatic carbocycles. The van der Waals surface area contributed by atoms with Crippen molar-refractivity contribution in [3.05, 3.63) is 94.5 Å². The molecular weight excluding hydrogens is 454 g/mol. The van der Waals surface area contributed by atoms with E-state index in [1.807, 2.05) is 63.2 Å². The SMILES string of the molecule is CCCN(C(=O)c1ccc(OC)cc1)C(C)c1nc2ccccc2c(=O)n1-c1ccc(OCC)cc1. The molecule has 0 fully saturated rings. The Morgan fingerprint density at radius 2 is 1.64 bits per heavy atom. The summed E-state index contributed by atoms with van der Waals surface area (Å²) in [5.74, 6) is 1.77.